The second-order valence-electron chi connectivity index (χ2n) is 8.25. The summed E-state index contributed by atoms with van der Waals surface area (Å²) in [6, 6.07) is 0. The van der Waals surface area contributed by atoms with E-state index in [-0.39, 0.29) is 12.2 Å². The Morgan fingerprint density at radius 3 is 1.77 bits per heavy atom. The van der Waals surface area contributed by atoms with Crippen molar-refractivity contribution in [3.63, 3.8) is 0 Å². The summed E-state index contributed by atoms with van der Waals surface area (Å²) in [5, 5.41) is 0. The minimum Gasteiger partial charge on any atom is -0.343 e. The summed E-state index contributed by atoms with van der Waals surface area (Å²) in [5.74, 6) is -0.0265. The molecule has 0 saturated carbocycles. The van der Waals surface area contributed by atoms with Crippen molar-refractivity contribution in [2.75, 3.05) is 5.88 Å². The quantitative estimate of drug-likeness (QED) is 0.153. The van der Waals surface area contributed by atoms with E-state index in [2.05, 4.69) is 19.1 Å². The topological polar surface area (TPSA) is 18.5 Å². The first-order valence-electron chi connectivity index (χ1n) is 11.2. The van der Waals surface area contributed by atoms with Crippen LogP contribution >= 0.6 is 11.6 Å². The predicted molar refractivity (Wildman–Crippen MR) is 114 cm³/mol. The second-order valence-corrected chi connectivity index (χ2v) is 8.56. The molecule has 154 valence electrons. The van der Waals surface area contributed by atoms with E-state index in [1.54, 1.807) is 0 Å². The van der Waals surface area contributed by atoms with Crippen LogP contribution in [-0.2, 0) is 9.47 Å². The predicted octanol–water partition coefficient (Wildman–Crippen LogP) is 7.78. The van der Waals surface area contributed by atoms with Crippen LogP contribution in [0.1, 0.15) is 111 Å². The van der Waals surface area contributed by atoms with Crippen molar-refractivity contribution in [1.29, 1.82) is 0 Å². The molecule has 26 heavy (non-hydrogen) atoms. The molecule has 0 aromatic carbocycles. The SMILES string of the molecule is CCCCCCCCCCCCCCC/C=C\[C@@H]1OC(C)(C)O[C@H]1CCl. The van der Waals surface area contributed by atoms with Crippen LogP contribution in [0.15, 0.2) is 12.2 Å². The summed E-state index contributed by atoms with van der Waals surface area (Å²) in [6.07, 6.45) is 23.7. The van der Waals surface area contributed by atoms with E-state index in [9.17, 15) is 0 Å². The lowest BCUT2D eigenvalue weighted by Gasteiger charge is -2.15. The molecule has 1 aliphatic heterocycles. The maximum absolute atomic E-state index is 5.96. The number of allylic oxidation sites excluding steroid dienone is 1. The zero-order valence-corrected chi connectivity index (χ0v) is 18.4. The standard InChI is InChI=1S/C23H43ClO2/c1-4-5-6-7-8-9-10-11-12-13-14-15-16-17-18-19-21-22(20-24)26-23(2,3)25-21/h18-19,21-22H,4-17,20H2,1-3H3/b19-18-/t21-,22-/m0/s1. The molecule has 2 nitrogen and oxygen atoms in total. The number of hydrogen-bond acceptors (Lipinski definition) is 2. The normalized spacial score (nSPS) is 22.5. The van der Waals surface area contributed by atoms with Gasteiger partial charge in [0.05, 0.1) is 5.88 Å². The Hall–Kier alpha value is -0.0500. The van der Waals surface area contributed by atoms with E-state index in [0.717, 1.165) is 6.42 Å². The molecule has 3 heteroatoms. The smallest absolute Gasteiger partial charge is 0.164 e. The van der Waals surface area contributed by atoms with Gasteiger partial charge in [-0.1, -0.05) is 96.1 Å². The van der Waals surface area contributed by atoms with Crippen molar-refractivity contribution in [2.24, 2.45) is 0 Å². The highest BCUT2D eigenvalue weighted by atomic mass is 35.5. The molecule has 1 saturated heterocycles. The molecule has 2 atom stereocenters. The molecule has 0 spiro atoms. The van der Waals surface area contributed by atoms with Gasteiger partial charge in [-0.15, -0.1) is 11.6 Å². The van der Waals surface area contributed by atoms with Crippen molar-refractivity contribution in [3.8, 4) is 0 Å². The number of ether oxygens (including phenoxy) is 2. The minimum absolute atomic E-state index is 0.00414. The lowest BCUT2D eigenvalue weighted by molar-refractivity contribution is -0.141. The van der Waals surface area contributed by atoms with Gasteiger partial charge in [0.1, 0.15) is 12.2 Å². The molecular formula is C23H43ClO2. The largest absolute Gasteiger partial charge is 0.343 e. The molecule has 1 aliphatic rings. The average molecular weight is 387 g/mol. The minimum atomic E-state index is -0.510. The summed E-state index contributed by atoms with van der Waals surface area (Å²) in [5.41, 5.74) is 0. The number of alkyl halides is 1. The van der Waals surface area contributed by atoms with Gasteiger partial charge >= 0.3 is 0 Å². The highest BCUT2D eigenvalue weighted by Crippen LogP contribution is 2.29. The Bertz CT molecular complexity index is 354. The third-order valence-electron chi connectivity index (χ3n) is 5.17. The average Bonchev–Trinajstić information content (AvgIpc) is 2.92. The lowest BCUT2D eigenvalue weighted by atomic mass is 10.0. The fourth-order valence-electron chi connectivity index (χ4n) is 3.66. The van der Waals surface area contributed by atoms with Gasteiger partial charge in [-0.05, 0) is 26.7 Å². The molecule has 1 heterocycles. The van der Waals surface area contributed by atoms with Gasteiger partial charge in [-0.2, -0.15) is 0 Å². The number of unbranched alkanes of at least 4 members (excludes halogenated alkanes) is 13. The first-order chi connectivity index (χ1) is 12.6. The van der Waals surface area contributed by atoms with Gasteiger partial charge in [0.25, 0.3) is 0 Å². The number of halogens is 1. The van der Waals surface area contributed by atoms with Crippen LogP contribution < -0.4 is 0 Å². The van der Waals surface area contributed by atoms with Gasteiger partial charge in [-0.25, -0.2) is 0 Å². The molecule has 1 fully saturated rings. The Labute approximate surface area is 168 Å². The third kappa shape index (κ3) is 11.6. The van der Waals surface area contributed by atoms with Gasteiger partial charge in [0, 0.05) is 0 Å². The summed E-state index contributed by atoms with van der Waals surface area (Å²) < 4.78 is 11.7. The highest BCUT2D eigenvalue weighted by molar-refractivity contribution is 6.18. The Morgan fingerprint density at radius 1 is 0.769 bits per heavy atom. The van der Waals surface area contributed by atoms with Crippen molar-refractivity contribution < 1.29 is 9.47 Å². The van der Waals surface area contributed by atoms with E-state index in [4.69, 9.17) is 21.1 Å². The molecule has 0 N–H and O–H groups in total. The summed E-state index contributed by atoms with van der Waals surface area (Å²) >= 11 is 5.96. The van der Waals surface area contributed by atoms with Gasteiger partial charge < -0.3 is 9.47 Å². The Kier molecular flexibility index (Phi) is 13.8. The van der Waals surface area contributed by atoms with Crippen LogP contribution in [0.5, 0.6) is 0 Å². The highest BCUT2D eigenvalue weighted by Gasteiger charge is 2.39. The maximum Gasteiger partial charge on any atom is 0.164 e. The fourth-order valence-corrected chi connectivity index (χ4v) is 3.89. The maximum atomic E-state index is 5.96. The zero-order chi connectivity index (χ0) is 19.1. The number of hydrogen-bond donors (Lipinski definition) is 0. The Balaban J connectivity index is 1.87. The van der Waals surface area contributed by atoms with Gasteiger partial charge in [0.2, 0.25) is 0 Å². The van der Waals surface area contributed by atoms with Crippen molar-refractivity contribution in [2.45, 2.75) is 129 Å². The van der Waals surface area contributed by atoms with Crippen LogP contribution in [-0.4, -0.2) is 23.9 Å². The van der Waals surface area contributed by atoms with Crippen LogP contribution in [0.25, 0.3) is 0 Å². The first kappa shape index (κ1) is 24.0. The van der Waals surface area contributed by atoms with Crippen molar-refractivity contribution in [1.82, 2.24) is 0 Å². The molecule has 0 aromatic rings. The van der Waals surface area contributed by atoms with Gasteiger partial charge in [0.15, 0.2) is 5.79 Å². The molecular weight excluding hydrogens is 344 g/mol. The molecule has 0 unspecified atom stereocenters. The second kappa shape index (κ2) is 14.9. The van der Waals surface area contributed by atoms with Crippen LogP contribution in [0.3, 0.4) is 0 Å². The molecule has 0 amide bonds. The summed E-state index contributed by atoms with van der Waals surface area (Å²) in [7, 11) is 0. The molecule has 0 bridgehead atoms. The monoisotopic (exact) mass is 386 g/mol. The summed E-state index contributed by atoms with van der Waals surface area (Å²) in [4.78, 5) is 0. The van der Waals surface area contributed by atoms with Crippen LogP contribution in [0.4, 0.5) is 0 Å². The Morgan fingerprint density at radius 2 is 1.27 bits per heavy atom. The van der Waals surface area contributed by atoms with Crippen molar-refractivity contribution >= 4 is 11.6 Å². The molecule has 0 radical (unpaired) electrons. The van der Waals surface area contributed by atoms with E-state index >= 15 is 0 Å². The van der Waals surface area contributed by atoms with E-state index in [0.29, 0.717) is 5.88 Å². The molecule has 0 aromatic heterocycles. The first-order valence-corrected chi connectivity index (χ1v) is 11.7. The molecule has 1 rings (SSSR count). The molecule has 0 aliphatic carbocycles. The zero-order valence-electron chi connectivity index (χ0n) is 17.6. The van der Waals surface area contributed by atoms with E-state index in [1.807, 2.05) is 13.8 Å². The number of rotatable bonds is 16. The van der Waals surface area contributed by atoms with Crippen molar-refractivity contribution in [3.05, 3.63) is 12.2 Å². The van der Waals surface area contributed by atoms with Gasteiger partial charge in [-0.3, -0.25) is 0 Å². The summed E-state index contributed by atoms with van der Waals surface area (Å²) in [6.45, 7) is 6.19. The third-order valence-corrected chi connectivity index (χ3v) is 5.48. The van der Waals surface area contributed by atoms with Crippen LogP contribution in [0.2, 0.25) is 0 Å². The van der Waals surface area contributed by atoms with Crippen LogP contribution in [0, 0.1) is 0 Å². The lowest BCUT2D eigenvalue weighted by Crippen LogP contribution is -2.22. The van der Waals surface area contributed by atoms with E-state index < -0.39 is 5.79 Å². The van der Waals surface area contributed by atoms with E-state index in [1.165, 1.54) is 83.5 Å². The fraction of sp³-hybridized carbons (Fsp3) is 0.913.